The summed E-state index contributed by atoms with van der Waals surface area (Å²) < 4.78 is 1.79. The van der Waals surface area contributed by atoms with Gasteiger partial charge < -0.3 is 10.6 Å². The third-order valence-electron chi connectivity index (χ3n) is 4.69. The van der Waals surface area contributed by atoms with E-state index in [1.165, 1.54) is 0 Å². The molecule has 1 aliphatic rings. The van der Waals surface area contributed by atoms with Crippen molar-refractivity contribution in [2.24, 2.45) is 0 Å². The summed E-state index contributed by atoms with van der Waals surface area (Å²) in [5.41, 5.74) is 2.31. The Morgan fingerprint density at radius 3 is 2.78 bits per heavy atom. The summed E-state index contributed by atoms with van der Waals surface area (Å²) in [6.45, 7) is 3.09. The number of halogens is 1. The van der Waals surface area contributed by atoms with Crippen LogP contribution in [0, 0.1) is 0 Å². The first-order valence-electron chi connectivity index (χ1n) is 8.94. The number of nitrogens with zero attached hydrogens (tertiary/aromatic N) is 2. The lowest BCUT2D eigenvalue weighted by molar-refractivity contribution is 0.0926. The van der Waals surface area contributed by atoms with Crippen molar-refractivity contribution in [1.82, 2.24) is 20.4 Å². The molecule has 2 aromatic heterocycles. The summed E-state index contributed by atoms with van der Waals surface area (Å²) in [4.78, 5) is 14.0. The van der Waals surface area contributed by atoms with Crippen LogP contribution in [0.4, 0.5) is 0 Å². The highest BCUT2D eigenvalue weighted by Gasteiger charge is 2.24. The minimum atomic E-state index is -0.0466. The average molecular weight is 403 g/mol. The van der Waals surface area contributed by atoms with Gasteiger partial charge in [-0.2, -0.15) is 5.10 Å². The Morgan fingerprint density at radius 1 is 1.26 bits per heavy atom. The van der Waals surface area contributed by atoms with Crippen molar-refractivity contribution in [3.63, 3.8) is 0 Å². The van der Waals surface area contributed by atoms with Crippen LogP contribution in [0.15, 0.2) is 54.0 Å². The predicted octanol–water partition coefficient (Wildman–Crippen LogP) is 3.89. The van der Waals surface area contributed by atoms with Crippen molar-refractivity contribution >= 4 is 29.7 Å². The minimum absolute atomic E-state index is 0. The number of hydrogen-bond acceptors (Lipinski definition) is 4. The minimum Gasteiger partial charge on any atom is -0.349 e. The van der Waals surface area contributed by atoms with Crippen molar-refractivity contribution in [2.45, 2.75) is 31.8 Å². The third kappa shape index (κ3) is 4.40. The summed E-state index contributed by atoms with van der Waals surface area (Å²) in [6.07, 6.45) is 3.74. The lowest BCUT2D eigenvalue weighted by atomic mass is 10.0. The molecular formula is C20H23ClN4OS. The maximum absolute atomic E-state index is 13.0. The molecule has 0 saturated carbocycles. The summed E-state index contributed by atoms with van der Waals surface area (Å²) in [7, 11) is 0. The van der Waals surface area contributed by atoms with E-state index >= 15 is 0 Å². The topological polar surface area (TPSA) is 59.0 Å². The molecule has 0 bridgehead atoms. The van der Waals surface area contributed by atoms with Gasteiger partial charge in [0.2, 0.25) is 0 Å². The SMILES string of the molecule is CC1CC(NC(=O)c2cn(-c3ccccc3)nc2-c2cccs2)CCN1.Cl. The standard InChI is InChI=1S/C20H22N4OS.ClH/c1-14-12-15(9-10-21-14)22-20(25)17-13-24(16-6-3-2-4-7-16)23-19(17)18-8-5-11-26-18;/h2-8,11,13-15,21H,9-10,12H2,1H3,(H,22,25);1H. The summed E-state index contributed by atoms with van der Waals surface area (Å²) in [5.74, 6) is -0.0466. The van der Waals surface area contributed by atoms with Crippen molar-refractivity contribution < 1.29 is 4.79 Å². The molecule has 1 amide bonds. The lowest BCUT2D eigenvalue weighted by Crippen LogP contribution is -2.46. The second kappa shape index (κ2) is 8.69. The van der Waals surface area contributed by atoms with Crippen LogP contribution in [-0.2, 0) is 0 Å². The normalized spacial score (nSPS) is 19.3. The number of aromatic nitrogens is 2. The number of piperidine rings is 1. The third-order valence-corrected chi connectivity index (χ3v) is 5.57. The average Bonchev–Trinajstić information content (AvgIpc) is 3.32. The van der Waals surface area contributed by atoms with Crippen LogP contribution >= 0.6 is 23.7 Å². The van der Waals surface area contributed by atoms with E-state index in [4.69, 9.17) is 5.10 Å². The molecule has 3 heterocycles. The Bertz CT molecular complexity index is 879. The largest absolute Gasteiger partial charge is 0.349 e. The zero-order chi connectivity index (χ0) is 17.9. The molecule has 5 nitrogen and oxygen atoms in total. The molecule has 1 fully saturated rings. The van der Waals surface area contributed by atoms with E-state index in [0.717, 1.165) is 35.6 Å². The molecule has 1 aliphatic heterocycles. The molecule has 2 atom stereocenters. The Kier molecular flexibility index (Phi) is 6.31. The molecule has 3 aromatic rings. The van der Waals surface area contributed by atoms with Crippen molar-refractivity contribution in [3.05, 3.63) is 59.6 Å². The van der Waals surface area contributed by atoms with E-state index in [1.54, 1.807) is 16.0 Å². The van der Waals surface area contributed by atoms with Crippen LogP contribution in [0.2, 0.25) is 0 Å². The zero-order valence-corrected chi connectivity index (χ0v) is 16.7. The number of rotatable bonds is 4. The van der Waals surface area contributed by atoms with Crippen LogP contribution in [0.1, 0.15) is 30.1 Å². The molecule has 2 unspecified atom stereocenters. The fourth-order valence-corrected chi connectivity index (χ4v) is 4.10. The van der Waals surface area contributed by atoms with Gasteiger partial charge in [0, 0.05) is 18.3 Å². The van der Waals surface area contributed by atoms with Gasteiger partial charge in [-0.1, -0.05) is 24.3 Å². The quantitative estimate of drug-likeness (QED) is 0.695. The number of hydrogen-bond donors (Lipinski definition) is 2. The van der Waals surface area contributed by atoms with Crippen molar-refractivity contribution in [3.8, 4) is 16.3 Å². The van der Waals surface area contributed by atoms with E-state index in [-0.39, 0.29) is 24.4 Å². The van der Waals surface area contributed by atoms with Crippen LogP contribution in [0.25, 0.3) is 16.3 Å². The number of para-hydroxylation sites is 1. The van der Waals surface area contributed by atoms with E-state index in [9.17, 15) is 4.79 Å². The molecule has 7 heteroatoms. The molecule has 0 radical (unpaired) electrons. The van der Waals surface area contributed by atoms with E-state index in [0.29, 0.717) is 11.6 Å². The molecule has 1 aromatic carbocycles. The first kappa shape index (κ1) is 19.6. The monoisotopic (exact) mass is 402 g/mol. The number of benzene rings is 1. The molecule has 0 spiro atoms. The second-order valence-electron chi connectivity index (χ2n) is 6.70. The number of thiophene rings is 1. The fourth-order valence-electron chi connectivity index (χ4n) is 3.37. The molecular weight excluding hydrogens is 380 g/mol. The summed E-state index contributed by atoms with van der Waals surface area (Å²) in [5, 5.41) is 13.3. The van der Waals surface area contributed by atoms with Crippen molar-refractivity contribution in [2.75, 3.05) is 6.54 Å². The summed E-state index contributed by atoms with van der Waals surface area (Å²) >= 11 is 1.60. The maximum atomic E-state index is 13.0. The van der Waals surface area contributed by atoms with E-state index in [2.05, 4.69) is 17.6 Å². The van der Waals surface area contributed by atoms with E-state index in [1.807, 2.05) is 54.0 Å². The fraction of sp³-hybridized carbons (Fsp3) is 0.300. The van der Waals surface area contributed by atoms with Gasteiger partial charge in [0.25, 0.3) is 5.91 Å². The summed E-state index contributed by atoms with van der Waals surface area (Å²) in [6, 6.07) is 14.5. The van der Waals surface area contributed by atoms with E-state index < -0.39 is 0 Å². The van der Waals surface area contributed by atoms with Gasteiger partial charge in [-0.05, 0) is 49.9 Å². The van der Waals surface area contributed by atoms with Crippen molar-refractivity contribution in [1.29, 1.82) is 0 Å². The van der Waals surface area contributed by atoms with Gasteiger partial charge in [0.15, 0.2) is 0 Å². The van der Waals surface area contributed by atoms with Crippen LogP contribution in [-0.4, -0.2) is 34.3 Å². The highest BCUT2D eigenvalue weighted by molar-refractivity contribution is 7.13. The number of carbonyl (C=O) groups excluding carboxylic acids is 1. The number of nitrogens with one attached hydrogen (secondary N) is 2. The Hall–Kier alpha value is -2.15. The van der Waals surface area contributed by atoms with Gasteiger partial charge >= 0.3 is 0 Å². The molecule has 4 rings (SSSR count). The Balaban J connectivity index is 0.00000210. The highest BCUT2D eigenvalue weighted by atomic mass is 35.5. The van der Waals surface area contributed by atoms with Gasteiger partial charge in [-0.15, -0.1) is 23.7 Å². The lowest BCUT2D eigenvalue weighted by Gasteiger charge is -2.28. The second-order valence-corrected chi connectivity index (χ2v) is 7.65. The molecule has 1 saturated heterocycles. The molecule has 2 N–H and O–H groups in total. The van der Waals surface area contributed by atoms with Gasteiger partial charge in [0.1, 0.15) is 5.69 Å². The first-order valence-corrected chi connectivity index (χ1v) is 9.82. The van der Waals surface area contributed by atoms with Gasteiger partial charge in [-0.25, -0.2) is 4.68 Å². The first-order chi connectivity index (χ1) is 12.7. The van der Waals surface area contributed by atoms with Crippen LogP contribution in [0.5, 0.6) is 0 Å². The van der Waals surface area contributed by atoms with Crippen LogP contribution < -0.4 is 10.6 Å². The van der Waals surface area contributed by atoms with Crippen LogP contribution in [0.3, 0.4) is 0 Å². The van der Waals surface area contributed by atoms with Gasteiger partial charge in [0.05, 0.1) is 16.1 Å². The number of amides is 1. The van der Waals surface area contributed by atoms with Gasteiger partial charge in [-0.3, -0.25) is 4.79 Å². The number of carbonyl (C=O) groups is 1. The Morgan fingerprint density at radius 2 is 2.07 bits per heavy atom. The predicted molar refractivity (Wildman–Crippen MR) is 112 cm³/mol. The molecule has 0 aliphatic carbocycles. The zero-order valence-electron chi connectivity index (χ0n) is 15.1. The highest BCUT2D eigenvalue weighted by Crippen LogP contribution is 2.28. The molecule has 142 valence electrons. The Labute approximate surface area is 169 Å². The molecule has 27 heavy (non-hydrogen) atoms. The maximum Gasteiger partial charge on any atom is 0.255 e. The smallest absolute Gasteiger partial charge is 0.255 e.